The van der Waals surface area contributed by atoms with E-state index in [0.29, 0.717) is 17.6 Å². The third-order valence-electron chi connectivity index (χ3n) is 3.38. The first-order valence-corrected chi connectivity index (χ1v) is 7.41. The Balaban J connectivity index is 2.40. The summed E-state index contributed by atoms with van der Waals surface area (Å²) >= 11 is 3.39. The molecule has 0 bridgehead atoms. The molecule has 104 valence electrons. The van der Waals surface area contributed by atoms with Crippen LogP contribution in [0.5, 0.6) is 0 Å². The summed E-state index contributed by atoms with van der Waals surface area (Å²) in [5, 5.41) is 1.49. The summed E-state index contributed by atoms with van der Waals surface area (Å²) in [6, 6.07) is 15.4. The van der Waals surface area contributed by atoms with Crippen LogP contribution >= 0.6 is 15.9 Å². The maximum atomic E-state index is 12.3. The first-order valence-electron chi connectivity index (χ1n) is 6.62. The molecule has 1 heterocycles. The summed E-state index contributed by atoms with van der Waals surface area (Å²) in [5.74, 6) is 0.621. The van der Waals surface area contributed by atoms with Crippen LogP contribution in [0.1, 0.15) is 5.56 Å². The molecule has 0 radical (unpaired) electrons. The summed E-state index contributed by atoms with van der Waals surface area (Å²) in [7, 11) is 0. The molecule has 0 fully saturated rings. The van der Waals surface area contributed by atoms with Gasteiger partial charge in [0, 0.05) is 15.6 Å². The average Bonchev–Trinajstić information content (AvgIpc) is 2.51. The van der Waals surface area contributed by atoms with Crippen LogP contribution in [0.15, 0.2) is 74.9 Å². The van der Waals surface area contributed by atoms with E-state index in [1.54, 1.807) is 6.07 Å². The summed E-state index contributed by atoms with van der Waals surface area (Å²) in [5.41, 5.74) is 1.56. The number of rotatable bonds is 3. The fourth-order valence-electron chi connectivity index (χ4n) is 2.45. The van der Waals surface area contributed by atoms with Crippen molar-refractivity contribution in [2.24, 2.45) is 0 Å². The Morgan fingerprint density at radius 3 is 2.57 bits per heavy atom. The van der Waals surface area contributed by atoms with Crippen LogP contribution in [0, 0.1) is 0 Å². The molecule has 0 spiro atoms. The lowest BCUT2D eigenvalue weighted by Gasteiger charge is -2.10. The third-order valence-corrected chi connectivity index (χ3v) is 3.87. The first-order chi connectivity index (χ1) is 10.2. The molecule has 0 aliphatic rings. The van der Waals surface area contributed by atoms with Crippen molar-refractivity contribution in [2.45, 2.75) is 6.42 Å². The largest absolute Gasteiger partial charge is 0.422 e. The van der Waals surface area contributed by atoms with E-state index < -0.39 is 0 Å². The lowest BCUT2D eigenvalue weighted by atomic mass is 9.99. The Morgan fingerprint density at radius 1 is 1.10 bits per heavy atom. The molecular weight excluding hydrogens is 328 g/mol. The molecule has 3 aromatic rings. The third kappa shape index (κ3) is 2.57. The molecule has 0 atom stereocenters. The Kier molecular flexibility index (Phi) is 3.76. The van der Waals surface area contributed by atoms with E-state index in [0.717, 1.165) is 21.0 Å². The minimum absolute atomic E-state index is 0.321. The second-order valence-electron chi connectivity index (χ2n) is 4.75. The van der Waals surface area contributed by atoms with Crippen LogP contribution in [0.3, 0.4) is 0 Å². The molecule has 0 amide bonds. The molecule has 0 N–H and O–H groups in total. The second kappa shape index (κ2) is 5.70. The lowest BCUT2D eigenvalue weighted by Crippen LogP contribution is -2.04. The minimum Gasteiger partial charge on any atom is -0.422 e. The van der Waals surface area contributed by atoms with Gasteiger partial charge in [-0.3, -0.25) is 0 Å². The number of benzene rings is 2. The van der Waals surface area contributed by atoms with Gasteiger partial charge in [-0.25, -0.2) is 4.79 Å². The highest BCUT2D eigenvalue weighted by atomic mass is 79.9. The Labute approximate surface area is 130 Å². The van der Waals surface area contributed by atoms with Gasteiger partial charge in [0.05, 0.1) is 5.39 Å². The second-order valence-corrected chi connectivity index (χ2v) is 5.66. The minimum atomic E-state index is -0.321. The molecule has 0 aliphatic heterocycles. The van der Waals surface area contributed by atoms with Gasteiger partial charge in [0.15, 0.2) is 0 Å². The van der Waals surface area contributed by atoms with Gasteiger partial charge in [-0.15, -0.1) is 6.58 Å². The van der Waals surface area contributed by atoms with Crippen LogP contribution < -0.4 is 5.63 Å². The zero-order chi connectivity index (χ0) is 14.8. The van der Waals surface area contributed by atoms with Gasteiger partial charge >= 0.3 is 5.63 Å². The monoisotopic (exact) mass is 340 g/mol. The van der Waals surface area contributed by atoms with E-state index in [1.165, 1.54) is 0 Å². The molecule has 1 aromatic heterocycles. The zero-order valence-electron chi connectivity index (χ0n) is 11.3. The maximum Gasteiger partial charge on any atom is 0.344 e. The predicted molar refractivity (Wildman–Crippen MR) is 89.5 cm³/mol. The van der Waals surface area contributed by atoms with Crippen LogP contribution in [-0.4, -0.2) is 0 Å². The molecule has 0 saturated heterocycles. The van der Waals surface area contributed by atoms with E-state index in [-0.39, 0.29) is 5.63 Å². The van der Waals surface area contributed by atoms with Crippen LogP contribution in [-0.2, 0) is 6.42 Å². The van der Waals surface area contributed by atoms with Crippen LogP contribution in [0.25, 0.3) is 22.1 Å². The van der Waals surface area contributed by atoms with Crippen molar-refractivity contribution < 1.29 is 4.42 Å². The van der Waals surface area contributed by atoms with Gasteiger partial charge in [0.25, 0.3) is 0 Å². The zero-order valence-corrected chi connectivity index (χ0v) is 12.9. The van der Waals surface area contributed by atoms with Crippen molar-refractivity contribution in [3.8, 4) is 11.3 Å². The summed E-state index contributed by atoms with van der Waals surface area (Å²) in [6.45, 7) is 3.81. The van der Waals surface area contributed by atoms with Crippen molar-refractivity contribution in [1.29, 1.82) is 0 Å². The highest BCUT2D eigenvalue weighted by molar-refractivity contribution is 9.10. The summed E-state index contributed by atoms with van der Waals surface area (Å²) in [6.07, 6.45) is 2.47. The Hall–Kier alpha value is -2.13. The van der Waals surface area contributed by atoms with Gasteiger partial charge < -0.3 is 4.42 Å². The molecule has 3 heteroatoms. The molecule has 3 rings (SSSR count). The van der Waals surface area contributed by atoms with Gasteiger partial charge in [-0.2, -0.15) is 0 Å². The number of hydrogen-bond donors (Lipinski definition) is 0. The fourth-order valence-corrected chi connectivity index (χ4v) is 2.81. The topological polar surface area (TPSA) is 30.2 Å². The number of hydrogen-bond acceptors (Lipinski definition) is 2. The Morgan fingerprint density at radius 2 is 1.86 bits per heavy atom. The normalized spacial score (nSPS) is 10.7. The van der Waals surface area contributed by atoms with E-state index in [4.69, 9.17) is 4.42 Å². The van der Waals surface area contributed by atoms with Gasteiger partial charge in [0.1, 0.15) is 5.76 Å². The summed E-state index contributed by atoms with van der Waals surface area (Å²) in [4.78, 5) is 12.3. The quantitative estimate of drug-likeness (QED) is 0.631. The van der Waals surface area contributed by atoms with Crippen LogP contribution in [0.2, 0.25) is 0 Å². The Bertz CT molecular complexity index is 864. The maximum absolute atomic E-state index is 12.3. The van der Waals surface area contributed by atoms with Crippen molar-refractivity contribution >= 4 is 26.7 Å². The van der Waals surface area contributed by atoms with E-state index in [2.05, 4.69) is 22.5 Å². The SMILES string of the molecule is C=CCc1c(-c2ccccc2)oc(=O)c2cc(Br)ccc12. The first kappa shape index (κ1) is 13.8. The molecule has 0 aliphatic carbocycles. The van der Waals surface area contributed by atoms with Crippen molar-refractivity contribution in [3.63, 3.8) is 0 Å². The van der Waals surface area contributed by atoms with Crippen molar-refractivity contribution in [3.05, 3.63) is 81.6 Å². The van der Waals surface area contributed by atoms with Gasteiger partial charge in [-0.1, -0.05) is 58.4 Å². The number of halogens is 1. The van der Waals surface area contributed by atoms with E-state index >= 15 is 0 Å². The highest BCUT2D eigenvalue weighted by Crippen LogP contribution is 2.30. The average molecular weight is 341 g/mol. The molecular formula is C18H13BrO2. The van der Waals surface area contributed by atoms with E-state index in [9.17, 15) is 4.79 Å². The molecule has 2 nitrogen and oxygen atoms in total. The molecule has 2 aromatic carbocycles. The van der Waals surface area contributed by atoms with Gasteiger partial charge in [0.2, 0.25) is 0 Å². The molecule has 21 heavy (non-hydrogen) atoms. The standard InChI is InChI=1S/C18H13BrO2/c1-2-6-15-14-10-9-13(19)11-16(14)18(20)21-17(15)12-7-4-3-5-8-12/h2-5,7-11H,1,6H2. The lowest BCUT2D eigenvalue weighted by molar-refractivity contribution is 0.530. The number of fused-ring (bicyclic) bond motifs is 1. The molecule has 0 saturated carbocycles. The van der Waals surface area contributed by atoms with Crippen molar-refractivity contribution in [2.75, 3.05) is 0 Å². The smallest absolute Gasteiger partial charge is 0.344 e. The summed E-state index contributed by atoms with van der Waals surface area (Å²) < 4.78 is 6.45. The highest BCUT2D eigenvalue weighted by Gasteiger charge is 2.14. The van der Waals surface area contributed by atoms with E-state index in [1.807, 2.05) is 48.5 Å². The van der Waals surface area contributed by atoms with Gasteiger partial charge in [-0.05, 0) is 23.9 Å². The van der Waals surface area contributed by atoms with Crippen molar-refractivity contribution in [1.82, 2.24) is 0 Å². The number of allylic oxidation sites excluding steroid dienone is 1. The van der Waals surface area contributed by atoms with Crippen LogP contribution in [0.4, 0.5) is 0 Å². The fraction of sp³-hybridized carbons (Fsp3) is 0.0556. The molecule has 0 unspecified atom stereocenters. The predicted octanol–water partition coefficient (Wildman–Crippen LogP) is 4.95.